The summed E-state index contributed by atoms with van der Waals surface area (Å²) in [5.41, 5.74) is 3.64. The molecule has 3 saturated carbocycles. The molecule has 4 aliphatic rings. The average Bonchev–Trinajstić information content (AvgIpc) is 2.86. The van der Waals surface area contributed by atoms with Gasteiger partial charge in [0.15, 0.2) is 0 Å². The van der Waals surface area contributed by atoms with E-state index in [4.69, 9.17) is 0 Å². The molecule has 4 rings (SSSR count). The van der Waals surface area contributed by atoms with Crippen molar-refractivity contribution in [2.24, 2.45) is 39.9 Å². The van der Waals surface area contributed by atoms with Crippen LogP contribution in [0.1, 0.15) is 98.8 Å². The highest BCUT2D eigenvalue weighted by Gasteiger charge is 2.61. The van der Waals surface area contributed by atoms with E-state index in [0.29, 0.717) is 16.2 Å². The lowest BCUT2D eigenvalue weighted by Crippen LogP contribution is -2.57. The first-order valence-corrected chi connectivity index (χ1v) is 11.0. The highest BCUT2D eigenvalue weighted by molar-refractivity contribution is 5.26. The van der Waals surface area contributed by atoms with Gasteiger partial charge in [-0.2, -0.15) is 0 Å². The molecular formula is C24H40. The van der Waals surface area contributed by atoms with Gasteiger partial charge < -0.3 is 0 Å². The van der Waals surface area contributed by atoms with Gasteiger partial charge in [-0.25, -0.2) is 0 Å². The molecule has 24 heavy (non-hydrogen) atoms. The van der Waals surface area contributed by atoms with Gasteiger partial charge in [-0.3, -0.25) is 0 Å². The lowest BCUT2D eigenvalue weighted by atomic mass is 9.40. The van der Waals surface area contributed by atoms with Crippen LogP contribution in [0.2, 0.25) is 0 Å². The van der Waals surface area contributed by atoms with Gasteiger partial charge in [-0.05, 0) is 91.3 Å². The molecule has 0 aromatic rings. The summed E-state index contributed by atoms with van der Waals surface area (Å²) in [7, 11) is 0. The molecule has 7 atom stereocenters. The first-order valence-electron chi connectivity index (χ1n) is 11.0. The highest BCUT2D eigenvalue weighted by atomic mass is 14.7. The molecule has 0 nitrogen and oxygen atoms in total. The lowest BCUT2D eigenvalue weighted by molar-refractivity contribution is -0.153. The number of allylic oxidation sites excluding steroid dienone is 2. The predicted molar refractivity (Wildman–Crippen MR) is 104 cm³/mol. The Bertz CT molecular complexity index is 530. The van der Waals surface area contributed by atoms with Gasteiger partial charge in [0.05, 0.1) is 0 Å². The molecule has 4 aliphatic carbocycles. The molecule has 0 bridgehead atoms. The first-order chi connectivity index (χ1) is 11.3. The summed E-state index contributed by atoms with van der Waals surface area (Å²) in [6.07, 6.45) is 17.3. The molecule has 7 unspecified atom stereocenters. The van der Waals surface area contributed by atoms with E-state index < -0.39 is 0 Å². The van der Waals surface area contributed by atoms with Crippen LogP contribution in [0.25, 0.3) is 0 Å². The maximum atomic E-state index is 2.72. The number of fused-ring (bicyclic) bond motifs is 5. The van der Waals surface area contributed by atoms with E-state index >= 15 is 0 Å². The lowest BCUT2D eigenvalue weighted by Gasteiger charge is -2.65. The van der Waals surface area contributed by atoms with Gasteiger partial charge in [0, 0.05) is 0 Å². The monoisotopic (exact) mass is 328 g/mol. The van der Waals surface area contributed by atoms with Crippen molar-refractivity contribution in [3.05, 3.63) is 11.6 Å². The van der Waals surface area contributed by atoms with E-state index in [0.717, 1.165) is 23.7 Å². The molecule has 136 valence electrons. The molecule has 0 amide bonds. The summed E-state index contributed by atoms with van der Waals surface area (Å²) in [4.78, 5) is 0. The minimum Gasteiger partial charge on any atom is -0.0845 e. The van der Waals surface area contributed by atoms with Crippen LogP contribution in [0.3, 0.4) is 0 Å². The third-order valence-electron chi connectivity index (χ3n) is 9.88. The van der Waals surface area contributed by atoms with Crippen molar-refractivity contribution in [2.45, 2.75) is 98.8 Å². The number of rotatable bonds is 2. The van der Waals surface area contributed by atoms with Crippen LogP contribution < -0.4 is 0 Å². The average molecular weight is 329 g/mol. The number of hydrogen-bond acceptors (Lipinski definition) is 0. The largest absolute Gasteiger partial charge is 0.0845 e. The summed E-state index contributed by atoms with van der Waals surface area (Å²) < 4.78 is 0. The second-order valence-electron chi connectivity index (χ2n) is 10.9. The van der Waals surface area contributed by atoms with Gasteiger partial charge in [-0.15, -0.1) is 0 Å². The van der Waals surface area contributed by atoms with Crippen molar-refractivity contribution in [2.75, 3.05) is 0 Å². The molecule has 0 aromatic carbocycles. The molecule has 0 saturated heterocycles. The molecule has 0 spiro atoms. The van der Waals surface area contributed by atoms with Gasteiger partial charge in [0.2, 0.25) is 0 Å². The Hall–Kier alpha value is -0.260. The molecule has 0 heteroatoms. The highest BCUT2D eigenvalue weighted by Crippen LogP contribution is 2.70. The van der Waals surface area contributed by atoms with Crippen LogP contribution in [0.4, 0.5) is 0 Å². The van der Waals surface area contributed by atoms with E-state index in [2.05, 4.69) is 40.7 Å². The van der Waals surface area contributed by atoms with Crippen molar-refractivity contribution < 1.29 is 0 Å². The van der Waals surface area contributed by atoms with Crippen LogP contribution >= 0.6 is 0 Å². The third-order valence-corrected chi connectivity index (χ3v) is 9.88. The van der Waals surface area contributed by atoms with E-state index in [9.17, 15) is 0 Å². The normalized spacial score (nSPS) is 53.8. The number of hydrogen-bond donors (Lipinski definition) is 0. The molecule has 0 aromatic heterocycles. The van der Waals surface area contributed by atoms with Crippen molar-refractivity contribution in [1.29, 1.82) is 0 Å². The van der Waals surface area contributed by atoms with Crippen molar-refractivity contribution in [1.82, 2.24) is 0 Å². The van der Waals surface area contributed by atoms with Crippen LogP contribution in [-0.4, -0.2) is 0 Å². The summed E-state index contributed by atoms with van der Waals surface area (Å²) in [5.74, 6) is 3.95. The van der Waals surface area contributed by atoms with E-state index in [1.807, 2.05) is 5.57 Å². The predicted octanol–water partition coefficient (Wildman–Crippen LogP) is 7.39. The second-order valence-corrected chi connectivity index (χ2v) is 10.9. The van der Waals surface area contributed by atoms with E-state index in [1.54, 1.807) is 0 Å². The van der Waals surface area contributed by atoms with Crippen LogP contribution in [-0.2, 0) is 0 Å². The van der Waals surface area contributed by atoms with Gasteiger partial charge in [0.25, 0.3) is 0 Å². The quantitative estimate of drug-likeness (QED) is 0.463. The molecule has 0 aliphatic heterocycles. The minimum atomic E-state index is 0.559. The fraction of sp³-hybridized carbons (Fsp3) is 0.917. The Morgan fingerprint density at radius 3 is 2.54 bits per heavy atom. The van der Waals surface area contributed by atoms with Gasteiger partial charge in [0.1, 0.15) is 0 Å². The molecule has 0 N–H and O–H groups in total. The SMILES string of the molecule is CCCC1=CCC2C3CCC4(C)CC(C)CCC4(C)C3CCC12C. The van der Waals surface area contributed by atoms with Gasteiger partial charge in [-0.1, -0.05) is 59.1 Å². The topological polar surface area (TPSA) is 0 Å². The zero-order chi connectivity index (χ0) is 17.2. The Morgan fingerprint density at radius 2 is 1.79 bits per heavy atom. The smallest absolute Gasteiger partial charge is 0.00823 e. The van der Waals surface area contributed by atoms with Crippen LogP contribution in [0.5, 0.6) is 0 Å². The minimum absolute atomic E-state index is 0.559. The van der Waals surface area contributed by atoms with Crippen LogP contribution in [0.15, 0.2) is 11.6 Å². The maximum Gasteiger partial charge on any atom is -0.00823 e. The van der Waals surface area contributed by atoms with Crippen molar-refractivity contribution in [3.63, 3.8) is 0 Å². The fourth-order valence-corrected chi connectivity index (χ4v) is 8.25. The van der Waals surface area contributed by atoms with E-state index in [-0.39, 0.29) is 0 Å². The fourth-order valence-electron chi connectivity index (χ4n) is 8.25. The molecule has 3 fully saturated rings. The molecular weight excluding hydrogens is 288 g/mol. The second kappa shape index (κ2) is 5.62. The van der Waals surface area contributed by atoms with Crippen molar-refractivity contribution >= 4 is 0 Å². The van der Waals surface area contributed by atoms with Crippen LogP contribution in [0, 0.1) is 39.9 Å². The Morgan fingerprint density at radius 1 is 1.00 bits per heavy atom. The Balaban J connectivity index is 1.62. The van der Waals surface area contributed by atoms with Gasteiger partial charge >= 0.3 is 0 Å². The first kappa shape index (κ1) is 17.2. The standard InChI is InChI=1S/C24H40/c1-6-7-18-8-9-20-19-11-13-22(3)16-17(2)10-15-24(22,5)21(19)12-14-23(18,20)4/h8,17,19-21H,6-7,9-16H2,1-5H3. The third kappa shape index (κ3) is 2.16. The van der Waals surface area contributed by atoms with E-state index in [1.165, 1.54) is 64.2 Å². The summed E-state index contributed by atoms with van der Waals surface area (Å²) in [6.45, 7) is 12.9. The summed E-state index contributed by atoms with van der Waals surface area (Å²) in [6, 6.07) is 0. The molecule has 0 radical (unpaired) electrons. The summed E-state index contributed by atoms with van der Waals surface area (Å²) >= 11 is 0. The zero-order valence-corrected chi connectivity index (χ0v) is 17.0. The Kier molecular flexibility index (Phi) is 4.02. The van der Waals surface area contributed by atoms with Crippen molar-refractivity contribution in [3.8, 4) is 0 Å². The maximum absolute atomic E-state index is 2.72. The Labute approximate surface area is 150 Å². The summed E-state index contributed by atoms with van der Waals surface area (Å²) in [5, 5.41) is 0. The molecule has 0 heterocycles. The zero-order valence-electron chi connectivity index (χ0n) is 17.0.